The number of carbonyl (C=O) groups excluding carboxylic acids is 1. The topological polar surface area (TPSA) is 40.9 Å². The molecule has 1 aliphatic heterocycles. The molecule has 0 atom stereocenters. The molecule has 1 amide bonds. The number of carbonyl (C=O) groups is 1. The van der Waals surface area contributed by atoms with Crippen LogP contribution >= 0.6 is 22.9 Å². The molecule has 0 spiro atoms. The van der Waals surface area contributed by atoms with Gasteiger partial charge in [0.1, 0.15) is 0 Å². The minimum Gasteiger partial charge on any atom is -0.336 e. The summed E-state index contributed by atoms with van der Waals surface area (Å²) >= 11 is 7.94. The number of amides is 1. The summed E-state index contributed by atoms with van der Waals surface area (Å²) in [7, 11) is 0. The minimum absolute atomic E-state index is 0.00965. The van der Waals surface area contributed by atoms with Crippen molar-refractivity contribution in [2.24, 2.45) is 0 Å². The largest absolute Gasteiger partial charge is 0.336 e. The zero-order valence-electron chi connectivity index (χ0n) is 17.3. The van der Waals surface area contributed by atoms with Crippen LogP contribution in [0.1, 0.15) is 20.9 Å². The van der Waals surface area contributed by atoms with E-state index >= 15 is 0 Å². The van der Waals surface area contributed by atoms with Gasteiger partial charge in [-0.1, -0.05) is 54.1 Å². The van der Waals surface area contributed by atoms with Gasteiger partial charge in [0.2, 0.25) is 0 Å². The second-order valence-corrected chi connectivity index (χ2v) is 9.44. The predicted octanol–water partition coefficient (Wildman–Crippen LogP) is 4.98. The van der Waals surface area contributed by atoms with Crippen molar-refractivity contribution >= 4 is 33.8 Å². The molecule has 1 fully saturated rings. The molecule has 158 valence electrons. The molecule has 5 rings (SSSR count). The highest BCUT2D eigenvalue weighted by Crippen LogP contribution is 2.29. The molecule has 0 saturated carbocycles. The Hall–Kier alpha value is -2.67. The number of thiazole rings is 1. The van der Waals surface area contributed by atoms with Gasteiger partial charge in [0, 0.05) is 49.4 Å². The smallest absolute Gasteiger partial charge is 0.255 e. The molecule has 2 aromatic heterocycles. The Morgan fingerprint density at radius 3 is 2.48 bits per heavy atom. The van der Waals surface area contributed by atoms with Gasteiger partial charge in [-0.15, -0.1) is 11.3 Å². The van der Waals surface area contributed by atoms with Crippen LogP contribution in [0.3, 0.4) is 0 Å². The van der Waals surface area contributed by atoms with E-state index in [0.717, 1.165) is 35.9 Å². The molecule has 5 nitrogen and oxygen atoms in total. The number of hydrogen-bond donors (Lipinski definition) is 0. The van der Waals surface area contributed by atoms with Crippen LogP contribution < -0.4 is 0 Å². The van der Waals surface area contributed by atoms with E-state index in [4.69, 9.17) is 16.6 Å². The van der Waals surface area contributed by atoms with Crippen molar-refractivity contribution in [3.63, 3.8) is 0 Å². The first-order chi connectivity index (χ1) is 15.1. The average molecular weight is 451 g/mol. The van der Waals surface area contributed by atoms with Crippen molar-refractivity contribution in [2.45, 2.75) is 13.5 Å². The molecule has 2 aromatic carbocycles. The Morgan fingerprint density at radius 1 is 1.03 bits per heavy atom. The van der Waals surface area contributed by atoms with Crippen molar-refractivity contribution in [3.8, 4) is 11.3 Å². The molecule has 1 aliphatic rings. The Balaban J connectivity index is 1.35. The van der Waals surface area contributed by atoms with Crippen molar-refractivity contribution in [1.82, 2.24) is 19.2 Å². The number of benzene rings is 2. The second-order valence-electron chi connectivity index (χ2n) is 7.82. The van der Waals surface area contributed by atoms with E-state index in [1.807, 2.05) is 23.1 Å². The third-order valence-electron chi connectivity index (χ3n) is 5.73. The Bertz CT molecular complexity index is 1230. The quantitative estimate of drug-likeness (QED) is 0.440. The van der Waals surface area contributed by atoms with Crippen LogP contribution in [0.25, 0.3) is 16.2 Å². The van der Waals surface area contributed by atoms with E-state index in [-0.39, 0.29) is 5.91 Å². The Labute approximate surface area is 190 Å². The molecule has 0 bridgehead atoms. The van der Waals surface area contributed by atoms with E-state index < -0.39 is 0 Å². The van der Waals surface area contributed by atoms with E-state index in [1.54, 1.807) is 23.5 Å². The van der Waals surface area contributed by atoms with Gasteiger partial charge in [0.05, 0.1) is 22.0 Å². The maximum Gasteiger partial charge on any atom is 0.255 e. The second kappa shape index (κ2) is 8.46. The molecular weight excluding hydrogens is 428 g/mol. The molecule has 3 heterocycles. The van der Waals surface area contributed by atoms with E-state index in [0.29, 0.717) is 23.7 Å². The number of rotatable bonds is 4. The van der Waals surface area contributed by atoms with Crippen LogP contribution in [0.15, 0.2) is 60.8 Å². The fourth-order valence-electron chi connectivity index (χ4n) is 4.10. The predicted molar refractivity (Wildman–Crippen MR) is 126 cm³/mol. The van der Waals surface area contributed by atoms with E-state index in [9.17, 15) is 4.79 Å². The fraction of sp³-hybridized carbons (Fsp3) is 0.250. The fourth-order valence-corrected chi connectivity index (χ4v) is 5.17. The number of halogens is 1. The number of nitrogens with zero attached hydrogens (tertiary/aromatic N) is 4. The lowest BCUT2D eigenvalue weighted by Crippen LogP contribution is -2.48. The van der Waals surface area contributed by atoms with Crippen LogP contribution in [0, 0.1) is 6.92 Å². The van der Waals surface area contributed by atoms with Crippen LogP contribution in [0.2, 0.25) is 5.02 Å². The summed E-state index contributed by atoms with van der Waals surface area (Å²) in [5.74, 6) is 0.00965. The highest BCUT2D eigenvalue weighted by atomic mass is 35.5. The van der Waals surface area contributed by atoms with Gasteiger partial charge in [0.25, 0.3) is 5.91 Å². The van der Waals surface area contributed by atoms with Crippen LogP contribution in [0.4, 0.5) is 0 Å². The first-order valence-electron chi connectivity index (χ1n) is 10.4. The number of hydrogen-bond acceptors (Lipinski definition) is 4. The number of piperazine rings is 1. The first-order valence-corrected chi connectivity index (χ1v) is 11.6. The number of aromatic nitrogens is 2. The van der Waals surface area contributed by atoms with Crippen molar-refractivity contribution in [2.75, 3.05) is 26.2 Å². The maximum absolute atomic E-state index is 12.9. The third kappa shape index (κ3) is 3.99. The third-order valence-corrected chi connectivity index (χ3v) is 6.95. The number of aryl methyl sites for hydroxylation is 1. The summed E-state index contributed by atoms with van der Waals surface area (Å²) in [5, 5.41) is 0.511. The minimum atomic E-state index is 0.00965. The molecule has 7 heteroatoms. The molecule has 0 unspecified atom stereocenters. The molecule has 0 N–H and O–H groups in total. The SMILES string of the molecule is Cc1cn2c(CN3CCN(C(=O)c4ccccc4Cl)CC3)c(-c3ccccc3)nc2s1. The highest BCUT2D eigenvalue weighted by molar-refractivity contribution is 7.17. The summed E-state index contributed by atoms with van der Waals surface area (Å²) < 4.78 is 2.23. The molecule has 1 saturated heterocycles. The molecule has 31 heavy (non-hydrogen) atoms. The lowest BCUT2D eigenvalue weighted by molar-refractivity contribution is 0.0627. The summed E-state index contributed by atoms with van der Waals surface area (Å²) in [6.07, 6.45) is 2.17. The average Bonchev–Trinajstić information content (AvgIpc) is 3.31. The van der Waals surface area contributed by atoms with Crippen molar-refractivity contribution in [1.29, 1.82) is 0 Å². The zero-order chi connectivity index (χ0) is 21.4. The number of imidazole rings is 1. The van der Waals surface area contributed by atoms with Gasteiger partial charge in [0.15, 0.2) is 4.96 Å². The standard InChI is InChI=1S/C24H23ClN4OS/c1-17-15-29-21(22(26-24(29)31-17)18-7-3-2-4-8-18)16-27-11-13-28(14-12-27)23(30)19-9-5-6-10-20(19)25/h2-10,15H,11-14,16H2,1H3. The van der Waals surface area contributed by atoms with Crippen LogP contribution in [-0.2, 0) is 6.54 Å². The lowest BCUT2D eigenvalue weighted by Gasteiger charge is -2.34. The van der Waals surface area contributed by atoms with Gasteiger partial charge in [-0.05, 0) is 19.1 Å². The monoisotopic (exact) mass is 450 g/mol. The Morgan fingerprint density at radius 2 is 1.74 bits per heavy atom. The Kier molecular flexibility index (Phi) is 5.52. The van der Waals surface area contributed by atoms with Crippen LogP contribution in [0.5, 0.6) is 0 Å². The molecular formula is C24H23ClN4OS. The van der Waals surface area contributed by atoms with Crippen molar-refractivity contribution < 1.29 is 4.79 Å². The summed E-state index contributed by atoms with van der Waals surface area (Å²) in [5.41, 5.74) is 3.96. The maximum atomic E-state index is 12.9. The number of fused-ring (bicyclic) bond motifs is 1. The normalized spacial score (nSPS) is 15.0. The van der Waals surface area contributed by atoms with E-state index in [2.05, 4.69) is 46.7 Å². The lowest BCUT2D eigenvalue weighted by atomic mass is 10.1. The molecule has 0 radical (unpaired) electrons. The van der Waals surface area contributed by atoms with Gasteiger partial charge in [-0.2, -0.15) is 0 Å². The van der Waals surface area contributed by atoms with Gasteiger partial charge < -0.3 is 4.90 Å². The van der Waals surface area contributed by atoms with Gasteiger partial charge in [-0.3, -0.25) is 14.1 Å². The van der Waals surface area contributed by atoms with E-state index in [1.165, 1.54) is 10.6 Å². The zero-order valence-corrected chi connectivity index (χ0v) is 18.9. The molecule has 4 aromatic rings. The first kappa shape index (κ1) is 20.2. The highest BCUT2D eigenvalue weighted by Gasteiger charge is 2.25. The summed E-state index contributed by atoms with van der Waals surface area (Å²) in [6.45, 7) is 5.94. The van der Waals surface area contributed by atoms with Crippen molar-refractivity contribution in [3.05, 3.63) is 82.0 Å². The van der Waals surface area contributed by atoms with Gasteiger partial charge >= 0.3 is 0 Å². The summed E-state index contributed by atoms with van der Waals surface area (Å²) in [4.78, 5) is 24.4. The molecule has 0 aliphatic carbocycles. The summed E-state index contributed by atoms with van der Waals surface area (Å²) in [6, 6.07) is 17.6. The van der Waals surface area contributed by atoms with Gasteiger partial charge in [-0.25, -0.2) is 4.98 Å². The van der Waals surface area contributed by atoms with Crippen LogP contribution in [-0.4, -0.2) is 51.3 Å².